The number of nitrogens with zero attached hydrogens (tertiary/aromatic N) is 1. The van der Waals surface area contributed by atoms with Gasteiger partial charge >= 0.3 is 5.69 Å². The first-order chi connectivity index (χ1) is 8.38. The largest absolute Gasteiger partial charge is 0.369 e. The summed E-state index contributed by atoms with van der Waals surface area (Å²) in [5.74, 6) is 0. The Balaban J connectivity index is 2.32. The van der Waals surface area contributed by atoms with Crippen molar-refractivity contribution in [2.45, 2.75) is 35.9 Å². The molecule has 0 amide bonds. The van der Waals surface area contributed by atoms with Crippen LogP contribution in [-0.4, -0.2) is 25.6 Å². The lowest BCUT2D eigenvalue weighted by Crippen LogP contribution is -2.14. The fourth-order valence-corrected chi connectivity index (χ4v) is 4.05. The molecule has 1 fully saturated rings. The highest BCUT2D eigenvalue weighted by Gasteiger charge is 2.26. The van der Waals surface area contributed by atoms with Crippen LogP contribution in [0.4, 0.5) is 10.7 Å². The highest BCUT2D eigenvalue weighted by atomic mass is 32.2. The van der Waals surface area contributed by atoms with E-state index in [1.807, 2.05) is 0 Å². The molecule has 0 saturated heterocycles. The van der Waals surface area contributed by atoms with Crippen LogP contribution in [0.15, 0.2) is 10.3 Å². The van der Waals surface area contributed by atoms with Gasteiger partial charge in [0, 0.05) is 18.4 Å². The van der Waals surface area contributed by atoms with Crippen LogP contribution in [-0.2, 0) is 9.84 Å². The molecule has 1 N–H and O–H groups in total. The summed E-state index contributed by atoms with van der Waals surface area (Å²) in [7, 11) is -3.40. The molecule has 1 aromatic heterocycles. The zero-order valence-electron chi connectivity index (χ0n) is 9.88. The minimum Gasteiger partial charge on any atom is -0.369 e. The van der Waals surface area contributed by atoms with E-state index in [2.05, 4.69) is 5.32 Å². The number of sulfone groups is 1. The molecule has 1 aliphatic carbocycles. The molecular weight excluding hydrogens is 276 g/mol. The van der Waals surface area contributed by atoms with Crippen molar-refractivity contribution in [2.24, 2.45) is 0 Å². The van der Waals surface area contributed by atoms with E-state index in [1.165, 1.54) is 0 Å². The van der Waals surface area contributed by atoms with Gasteiger partial charge in [-0.1, -0.05) is 24.2 Å². The summed E-state index contributed by atoms with van der Waals surface area (Å²) >= 11 is 0.941. The molecule has 6 nitrogen and oxygen atoms in total. The van der Waals surface area contributed by atoms with Crippen molar-refractivity contribution < 1.29 is 13.3 Å². The summed E-state index contributed by atoms with van der Waals surface area (Å²) in [6.45, 7) is 0. The Kier molecular flexibility index (Phi) is 3.58. The summed E-state index contributed by atoms with van der Waals surface area (Å²) < 4.78 is 22.9. The molecule has 1 aromatic rings. The van der Waals surface area contributed by atoms with Crippen LogP contribution < -0.4 is 5.32 Å². The number of rotatable bonds is 4. The summed E-state index contributed by atoms with van der Waals surface area (Å²) in [5.41, 5.74) is -0.146. The molecule has 0 radical (unpaired) electrons. The van der Waals surface area contributed by atoms with Gasteiger partial charge < -0.3 is 5.32 Å². The predicted molar refractivity (Wildman–Crippen MR) is 70.0 cm³/mol. The quantitative estimate of drug-likeness (QED) is 0.679. The van der Waals surface area contributed by atoms with E-state index in [0.717, 1.165) is 49.3 Å². The van der Waals surface area contributed by atoms with E-state index >= 15 is 0 Å². The van der Waals surface area contributed by atoms with E-state index in [9.17, 15) is 18.5 Å². The number of hydrogen-bond donors (Lipinski definition) is 1. The first-order valence-electron chi connectivity index (χ1n) is 5.63. The van der Waals surface area contributed by atoms with Gasteiger partial charge in [0.25, 0.3) is 0 Å². The van der Waals surface area contributed by atoms with Gasteiger partial charge in [0.15, 0.2) is 14.8 Å². The monoisotopic (exact) mass is 290 g/mol. The van der Waals surface area contributed by atoms with Crippen LogP contribution in [0.25, 0.3) is 0 Å². The standard InChI is InChI=1S/C10H14N2O4S2/c1-18(15,16)9-6-8(12(13)14)10(17-9)11-7-4-2-3-5-7/h6-7,11H,2-5H2,1H3. The van der Waals surface area contributed by atoms with Gasteiger partial charge in [-0.15, -0.1) is 0 Å². The minimum atomic E-state index is -3.40. The lowest BCUT2D eigenvalue weighted by Gasteiger charge is -2.10. The van der Waals surface area contributed by atoms with Crippen molar-refractivity contribution in [1.82, 2.24) is 0 Å². The van der Waals surface area contributed by atoms with Gasteiger partial charge in [-0.2, -0.15) is 0 Å². The van der Waals surface area contributed by atoms with E-state index in [-0.39, 0.29) is 15.9 Å². The van der Waals surface area contributed by atoms with Crippen LogP contribution in [0, 0.1) is 10.1 Å². The second kappa shape index (κ2) is 4.85. The van der Waals surface area contributed by atoms with Crippen LogP contribution in [0.1, 0.15) is 25.7 Å². The zero-order chi connectivity index (χ0) is 13.3. The Morgan fingerprint density at radius 1 is 1.44 bits per heavy atom. The van der Waals surface area contributed by atoms with Gasteiger partial charge in [-0.3, -0.25) is 10.1 Å². The van der Waals surface area contributed by atoms with Gasteiger partial charge in [-0.25, -0.2) is 8.42 Å². The zero-order valence-corrected chi connectivity index (χ0v) is 11.5. The topological polar surface area (TPSA) is 89.3 Å². The third-order valence-corrected chi connectivity index (χ3v) is 5.80. The third-order valence-electron chi connectivity index (χ3n) is 2.94. The Labute approximate surface area is 109 Å². The molecule has 18 heavy (non-hydrogen) atoms. The van der Waals surface area contributed by atoms with Crippen molar-refractivity contribution in [1.29, 1.82) is 0 Å². The maximum absolute atomic E-state index is 11.4. The number of nitro groups is 1. The lowest BCUT2D eigenvalue weighted by atomic mass is 10.2. The molecule has 0 unspecified atom stereocenters. The molecule has 1 heterocycles. The molecular formula is C10H14N2O4S2. The molecule has 0 atom stereocenters. The fourth-order valence-electron chi connectivity index (χ4n) is 2.04. The Bertz CT molecular complexity index is 558. The highest BCUT2D eigenvalue weighted by Crippen LogP contribution is 2.38. The molecule has 0 aliphatic heterocycles. The Morgan fingerprint density at radius 2 is 2.06 bits per heavy atom. The Morgan fingerprint density at radius 3 is 2.56 bits per heavy atom. The third kappa shape index (κ3) is 2.81. The van der Waals surface area contributed by atoms with Gasteiger partial charge in [0.1, 0.15) is 4.21 Å². The van der Waals surface area contributed by atoms with E-state index in [1.54, 1.807) is 0 Å². The smallest absolute Gasteiger partial charge is 0.304 e. The predicted octanol–water partition coefficient (Wildman–Crippen LogP) is 2.41. The van der Waals surface area contributed by atoms with Crippen molar-refractivity contribution in [3.8, 4) is 0 Å². The summed E-state index contributed by atoms with van der Waals surface area (Å²) in [6, 6.07) is 1.35. The van der Waals surface area contributed by atoms with Crippen molar-refractivity contribution in [3.63, 3.8) is 0 Å². The molecule has 1 saturated carbocycles. The highest BCUT2D eigenvalue weighted by molar-refractivity contribution is 7.92. The maximum Gasteiger partial charge on any atom is 0.304 e. The van der Waals surface area contributed by atoms with Gasteiger partial charge in [0.2, 0.25) is 0 Å². The van der Waals surface area contributed by atoms with Crippen molar-refractivity contribution in [3.05, 3.63) is 16.2 Å². The average molecular weight is 290 g/mol. The number of nitrogens with one attached hydrogen (secondary N) is 1. The van der Waals surface area contributed by atoms with Crippen molar-refractivity contribution in [2.75, 3.05) is 11.6 Å². The first-order valence-corrected chi connectivity index (χ1v) is 8.33. The van der Waals surface area contributed by atoms with E-state index in [0.29, 0.717) is 5.00 Å². The van der Waals surface area contributed by atoms with Crippen molar-refractivity contribution >= 4 is 31.9 Å². The summed E-state index contributed by atoms with van der Waals surface area (Å²) in [4.78, 5) is 10.4. The molecule has 100 valence electrons. The summed E-state index contributed by atoms with van der Waals surface area (Å²) in [6.07, 6.45) is 5.22. The number of hydrogen-bond acceptors (Lipinski definition) is 6. The number of anilines is 1. The fraction of sp³-hybridized carbons (Fsp3) is 0.600. The van der Waals surface area contributed by atoms with Crippen LogP contribution >= 0.6 is 11.3 Å². The minimum absolute atomic E-state index is 0.0368. The van der Waals surface area contributed by atoms with Gasteiger partial charge in [0.05, 0.1) is 4.92 Å². The van der Waals surface area contributed by atoms with Crippen LogP contribution in [0.5, 0.6) is 0 Å². The lowest BCUT2D eigenvalue weighted by molar-refractivity contribution is -0.383. The number of thiophene rings is 1. The molecule has 2 rings (SSSR count). The normalized spacial score (nSPS) is 16.9. The average Bonchev–Trinajstić information content (AvgIpc) is 2.85. The summed E-state index contributed by atoms with van der Waals surface area (Å²) in [5, 5.41) is 14.4. The second-order valence-corrected chi connectivity index (χ2v) is 7.73. The van der Waals surface area contributed by atoms with E-state index in [4.69, 9.17) is 0 Å². The molecule has 0 aromatic carbocycles. The maximum atomic E-state index is 11.4. The van der Waals surface area contributed by atoms with Gasteiger partial charge in [-0.05, 0) is 12.8 Å². The first kappa shape index (κ1) is 13.3. The van der Waals surface area contributed by atoms with E-state index < -0.39 is 14.8 Å². The second-order valence-electron chi connectivity index (χ2n) is 4.43. The molecule has 0 bridgehead atoms. The molecule has 1 aliphatic rings. The van der Waals surface area contributed by atoms with Crippen LogP contribution in [0.2, 0.25) is 0 Å². The molecule has 0 spiro atoms. The SMILES string of the molecule is CS(=O)(=O)c1cc([N+](=O)[O-])c(NC2CCCC2)s1. The molecule has 8 heteroatoms. The Hall–Kier alpha value is -1.15. The van der Waals surface area contributed by atoms with Crippen LogP contribution in [0.3, 0.4) is 0 Å².